The number of carbonyl (C=O) groups is 3. The lowest BCUT2D eigenvalue weighted by molar-refractivity contribution is -0.120. The van der Waals surface area contributed by atoms with E-state index in [0.29, 0.717) is 0 Å². The monoisotopic (exact) mass is 320 g/mol. The number of methoxy groups -OCH3 is 1. The summed E-state index contributed by atoms with van der Waals surface area (Å²) in [5.74, 6) is -0.482. The molecule has 0 aromatic heterocycles. The van der Waals surface area contributed by atoms with Crippen molar-refractivity contribution in [3.05, 3.63) is 0 Å². The van der Waals surface area contributed by atoms with E-state index >= 15 is 0 Å². The van der Waals surface area contributed by atoms with Crippen molar-refractivity contribution in [1.29, 1.82) is 0 Å². The standard InChI is InChI=1S/C12H24N4O6/c1-12(2,3)22-11(20)16-15-6-8(17)5-13-9(18)7-14-10(19)21-4/h8,15,17H,5-7H2,1-4H3,(H,13,18)(H,14,19)(H,16,20). The number of nitrogens with one attached hydrogen (secondary N) is 4. The van der Waals surface area contributed by atoms with Crippen LogP contribution in [0.4, 0.5) is 9.59 Å². The van der Waals surface area contributed by atoms with Gasteiger partial charge in [-0.3, -0.25) is 10.2 Å². The number of hydrogen-bond acceptors (Lipinski definition) is 7. The molecule has 3 amide bonds. The molecule has 10 nitrogen and oxygen atoms in total. The van der Waals surface area contributed by atoms with Crippen molar-refractivity contribution in [3.63, 3.8) is 0 Å². The van der Waals surface area contributed by atoms with Crippen molar-refractivity contribution >= 4 is 18.1 Å². The summed E-state index contributed by atoms with van der Waals surface area (Å²) in [4.78, 5) is 33.3. The van der Waals surface area contributed by atoms with Gasteiger partial charge in [0.05, 0.1) is 19.8 Å². The number of aliphatic hydroxyl groups excluding tert-OH is 1. The summed E-state index contributed by atoms with van der Waals surface area (Å²) in [6.07, 6.45) is -2.33. The van der Waals surface area contributed by atoms with Gasteiger partial charge < -0.3 is 25.2 Å². The molecule has 10 heteroatoms. The summed E-state index contributed by atoms with van der Waals surface area (Å²) in [6, 6.07) is 0. The lowest BCUT2D eigenvalue weighted by Gasteiger charge is -2.20. The zero-order valence-corrected chi connectivity index (χ0v) is 13.2. The molecule has 0 saturated heterocycles. The van der Waals surface area contributed by atoms with E-state index in [-0.39, 0.29) is 19.6 Å². The molecule has 0 aromatic carbocycles. The summed E-state index contributed by atoms with van der Waals surface area (Å²) in [6.45, 7) is 4.86. The molecule has 22 heavy (non-hydrogen) atoms. The summed E-state index contributed by atoms with van der Waals surface area (Å²) >= 11 is 0. The Hall–Kier alpha value is -2.07. The van der Waals surface area contributed by atoms with Gasteiger partial charge in [0.25, 0.3) is 0 Å². The third-order valence-electron chi connectivity index (χ3n) is 2.04. The highest BCUT2D eigenvalue weighted by atomic mass is 16.6. The fourth-order valence-corrected chi connectivity index (χ4v) is 1.14. The minimum Gasteiger partial charge on any atom is -0.453 e. The van der Waals surface area contributed by atoms with Gasteiger partial charge in [0.2, 0.25) is 5.91 Å². The van der Waals surface area contributed by atoms with Gasteiger partial charge >= 0.3 is 12.2 Å². The Labute approximate surface area is 128 Å². The Bertz CT molecular complexity index is 382. The third kappa shape index (κ3) is 11.7. The van der Waals surface area contributed by atoms with E-state index in [9.17, 15) is 19.5 Å². The Morgan fingerprint density at radius 3 is 2.27 bits per heavy atom. The molecule has 0 aliphatic rings. The second-order valence-corrected chi connectivity index (χ2v) is 5.31. The minimum atomic E-state index is -0.933. The molecule has 0 aliphatic carbocycles. The largest absolute Gasteiger partial charge is 0.453 e. The molecule has 1 atom stereocenters. The highest BCUT2D eigenvalue weighted by Crippen LogP contribution is 2.05. The molecule has 0 aliphatic heterocycles. The zero-order chi connectivity index (χ0) is 17.2. The van der Waals surface area contributed by atoms with Crippen molar-refractivity contribution in [2.24, 2.45) is 0 Å². The summed E-state index contributed by atoms with van der Waals surface area (Å²) in [5.41, 5.74) is 4.10. The zero-order valence-electron chi connectivity index (χ0n) is 13.2. The number of alkyl carbamates (subject to hydrolysis) is 1. The number of aliphatic hydroxyl groups is 1. The van der Waals surface area contributed by atoms with Crippen molar-refractivity contribution in [3.8, 4) is 0 Å². The predicted octanol–water partition coefficient (Wildman–Crippen LogP) is -1.15. The van der Waals surface area contributed by atoms with Crippen LogP contribution in [0.25, 0.3) is 0 Å². The highest BCUT2D eigenvalue weighted by molar-refractivity contribution is 5.82. The molecule has 0 saturated carbocycles. The molecule has 5 N–H and O–H groups in total. The first-order valence-corrected chi connectivity index (χ1v) is 6.62. The van der Waals surface area contributed by atoms with Gasteiger partial charge in [-0.15, -0.1) is 0 Å². The van der Waals surface area contributed by atoms with E-state index in [1.807, 2.05) is 0 Å². The number of amides is 3. The maximum atomic E-state index is 11.3. The van der Waals surface area contributed by atoms with Crippen LogP contribution < -0.4 is 21.5 Å². The number of carbonyl (C=O) groups excluding carboxylic acids is 3. The Kier molecular flexibility index (Phi) is 8.87. The first-order chi connectivity index (χ1) is 10.1. The maximum absolute atomic E-state index is 11.3. The van der Waals surface area contributed by atoms with Gasteiger partial charge in [0.15, 0.2) is 0 Å². The summed E-state index contributed by atoms with van der Waals surface area (Å²) < 4.78 is 9.26. The number of hydrazine groups is 1. The fraction of sp³-hybridized carbons (Fsp3) is 0.750. The Morgan fingerprint density at radius 2 is 1.73 bits per heavy atom. The number of rotatable bonds is 7. The van der Waals surface area contributed by atoms with Crippen LogP contribution in [-0.4, -0.2) is 61.6 Å². The van der Waals surface area contributed by atoms with Crippen LogP contribution in [0.15, 0.2) is 0 Å². The quantitative estimate of drug-likeness (QED) is 0.373. The van der Waals surface area contributed by atoms with E-state index in [2.05, 4.69) is 26.2 Å². The SMILES string of the molecule is COC(=O)NCC(=O)NCC(O)CNNC(=O)OC(C)(C)C. The van der Waals surface area contributed by atoms with Crippen molar-refractivity contribution in [1.82, 2.24) is 21.5 Å². The molecule has 128 valence electrons. The van der Waals surface area contributed by atoms with Gasteiger partial charge in [-0.2, -0.15) is 0 Å². The first-order valence-electron chi connectivity index (χ1n) is 6.62. The molecule has 0 radical (unpaired) electrons. The topological polar surface area (TPSA) is 138 Å². The van der Waals surface area contributed by atoms with Gasteiger partial charge in [-0.25, -0.2) is 15.0 Å². The molecule has 0 bridgehead atoms. The van der Waals surface area contributed by atoms with Gasteiger partial charge in [0, 0.05) is 13.1 Å². The third-order valence-corrected chi connectivity index (χ3v) is 2.04. The molecule has 1 unspecified atom stereocenters. The fourth-order valence-electron chi connectivity index (χ4n) is 1.14. The Balaban J connectivity index is 3.73. The Morgan fingerprint density at radius 1 is 1.09 bits per heavy atom. The van der Waals surface area contributed by atoms with Gasteiger partial charge in [-0.1, -0.05) is 0 Å². The molecule has 0 fully saturated rings. The average Bonchev–Trinajstić information content (AvgIpc) is 2.40. The summed E-state index contributed by atoms with van der Waals surface area (Å²) in [7, 11) is 1.18. The predicted molar refractivity (Wildman–Crippen MR) is 76.8 cm³/mol. The molecular formula is C12H24N4O6. The second kappa shape index (κ2) is 9.79. The molecule has 0 heterocycles. The van der Waals surface area contributed by atoms with E-state index in [4.69, 9.17) is 4.74 Å². The second-order valence-electron chi connectivity index (χ2n) is 5.31. The number of ether oxygens (including phenoxy) is 2. The van der Waals surface area contributed by atoms with Crippen LogP contribution in [0.2, 0.25) is 0 Å². The lowest BCUT2D eigenvalue weighted by Crippen LogP contribution is -2.47. The molecule has 0 rings (SSSR count). The number of hydrogen-bond donors (Lipinski definition) is 5. The van der Waals surface area contributed by atoms with E-state index in [1.165, 1.54) is 7.11 Å². The van der Waals surface area contributed by atoms with Crippen LogP contribution in [0.5, 0.6) is 0 Å². The van der Waals surface area contributed by atoms with Crippen LogP contribution in [0, 0.1) is 0 Å². The normalized spacial score (nSPS) is 12.0. The van der Waals surface area contributed by atoms with Crippen LogP contribution in [0.1, 0.15) is 20.8 Å². The van der Waals surface area contributed by atoms with Crippen LogP contribution in [0.3, 0.4) is 0 Å². The lowest BCUT2D eigenvalue weighted by atomic mass is 10.2. The van der Waals surface area contributed by atoms with E-state index < -0.39 is 29.8 Å². The van der Waals surface area contributed by atoms with Crippen LogP contribution >= 0.6 is 0 Å². The van der Waals surface area contributed by atoms with Gasteiger partial charge in [-0.05, 0) is 20.8 Å². The van der Waals surface area contributed by atoms with Crippen molar-refractivity contribution in [2.45, 2.75) is 32.5 Å². The summed E-state index contributed by atoms with van der Waals surface area (Å²) in [5, 5.41) is 14.2. The van der Waals surface area contributed by atoms with Crippen LogP contribution in [-0.2, 0) is 14.3 Å². The highest BCUT2D eigenvalue weighted by Gasteiger charge is 2.16. The maximum Gasteiger partial charge on any atom is 0.422 e. The molecule has 0 aromatic rings. The minimum absolute atomic E-state index is 0.00392. The first kappa shape index (κ1) is 19.9. The van der Waals surface area contributed by atoms with Crippen molar-refractivity contribution < 1.29 is 29.0 Å². The van der Waals surface area contributed by atoms with E-state index in [1.54, 1.807) is 20.8 Å². The van der Waals surface area contributed by atoms with E-state index in [0.717, 1.165) is 0 Å². The smallest absolute Gasteiger partial charge is 0.422 e. The average molecular weight is 320 g/mol. The van der Waals surface area contributed by atoms with Gasteiger partial charge in [0.1, 0.15) is 5.60 Å². The molecule has 0 spiro atoms. The molecular weight excluding hydrogens is 296 g/mol. The van der Waals surface area contributed by atoms with Crippen molar-refractivity contribution in [2.75, 3.05) is 26.7 Å².